The van der Waals surface area contributed by atoms with Gasteiger partial charge < -0.3 is 9.53 Å². The molecule has 0 atom stereocenters. The van der Waals surface area contributed by atoms with E-state index in [0.29, 0.717) is 12.0 Å². The third kappa shape index (κ3) is 4.03. The summed E-state index contributed by atoms with van der Waals surface area (Å²) in [4.78, 5) is 14.2. The lowest BCUT2D eigenvalue weighted by atomic mass is 9.80. The standard InChI is InChI=1S/C16H29NO2/c1-14(2)11-17(15-5-3-4-6-15)12-16(13-18)7-9-19-10-8-16/h13-15H,3-12H2,1-2H3. The minimum Gasteiger partial charge on any atom is -0.381 e. The number of rotatable bonds is 6. The fourth-order valence-corrected chi connectivity index (χ4v) is 3.58. The second-order valence-electron chi connectivity index (χ2n) is 6.85. The predicted molar refractivity (Wildman–Crippen MR) is 77.2 cm³/mol. The highest BCUT2D eigenvalue weighted by Gasteiger charge is 2.36. The van der Waals surface area contributed by atoms with Crippen LogP contribution in [0.5, 0.6) is 0 Å². The molecule has 2 rings (SSSR count). The van der Waals surface area contributed by atoms with Crippen molar-refractivity contribution in [1.29, 1.82) is 0 Å². The van der Waals surface area contributed by atoms with Crippen LogP contribution < -0.4 is 0 Å². The maximum Gasteiger partial charge on any atom is 0.127 e. The van der Waals surface area contributed by atoms with Gasteiger partial charge in [0.05, 0.1) is 0 Å². The van der Waals surface area contributed by atoms with E-state index in [2.05, 4.69) is 18.7 Å². The van der Waals surface area contributed by atoms with Crippen molar-refractivity contribution in [2.75, 3.05) is 26.3 Å². The first kappa shape index (κ1) is 15.0. The van der Waals surface area contributed by atoms with Crippen LogP contribution in [0.15, 0.2) is 0 Å². The van der Waals surface area contributed by atoms with Crippen LogP contribution in [-0.2, 0) is 9.53 Å². The molecule has 0 aromatic rings. The van der Waals surface area contributed by atoms with Gasteiger partial charge in [0.2, 0.25) is 0 Å². The fraction of sp³-hybridized carbons (Fsp3) is 0.938. The molecule has 110 valence electrons. The number of hydrogen-bond acceptors (Lipinski definition) is 3. The van der Waals surface area contributed by atoms with E-state index < -0.39 is 0 Å². The minimum absolute atomic E-state index is 0.143. The first-order valence-corrected chi connectivity index (χ1v) is 7.93. The number of ether oxygens (including phenoxy) is 1. The summed E-state index contributed by atoms with van der Waals surface area (Å²) < 4.78 is 5.44. The van der Waals surface area contributed by atoms with Crippen LogP contribution in [0.1, 0.15) is 52.4 Å². The molecule has 0 aromatic carbocycles. The zero-order chi connectivity index (χ0) is 13.7. The van der Waals surface area contributed by atoms with Crippen LogP contribution >= 0.6 is 0 Å². The van der Waals surface area contributed by atoms with Crippen molar-refractivity contribution in [1.82, 2.24) is 4.90 Å². The van der Waals surface area contributed by atoms with Gasteiger partial charge in [0.1, 0.15) is 6.29 Å². The first-order valence-electron chi connectivity index (χ1n) is 7.93. The number of hydrogen-bond donors (Lipinski definition) is 0. The second-order valence-corrected chi connectivity index (χ2v) is 6.85. The van der Waals surface area contributed by atoms with Gasteiger partial charge >= 0.3 is 0 Å². The van der Waals surface area contributed by atoms with Gasteiger partial charge in [-0.3, -0.25) is 4.90 Å². The van der Waals surface area contributed by atoms with E-state index in [1.165, 1.54) is 32.0 Å². The summed E-state index contributed by atoms with van der Waals surface area (Å²) in [5, 5.41) is 0. The molecule has 3 heteroatoms. The van der Waals surface area contributed by atoms with E-state index in [1.54, 1.807) is 0 Å². The monoisotopic (exact) mass is 267 g/mol. The van der Waals surface area contributed by atoms with E-state index >= 15 is 0 Å². The molecular formula is C16H29NO2. The Labute approximate surface area is 117 Å². The van der Waals surface area contributed by atoms with Crippen LogP contribution in [0.25, 0.3) is 0 Å². The molecule has 1 aliphatic heterocycles. The Morgan fingerprint density at radius 3 is 2.42 bits per heavy atom. The van der Waals surface area contributed by atoms with Crippen molar-refractivity contribution < 1.29 is 9.53 Å². The van der Waals surface area contributed by atoms with E-state index in [1.807, 2.05) is 0 Å². The lowest BCUT2D eigenvalue weighted by Crippen LogP contribution is -2.47. The molecule has 1 saturated heterocycles. The summed E-state index contributed by atoms with van der Waals surface area (Å²) in [5.41, 5.74) is -0.143. The highest BCUT2D eigenvalue weighted by atomic mass is 16.5. The largest absolute Gasteiger partial charge is 0.381 e. The van der Waals surface area contributed by atoms with Gasteiger partial charge in [-0.25, -0.2) is 0 Å². The van der Waals surface area contributed by atoms with E-state index in [4.69, 9.17) is 4.74 Å². The predicted octanol–water partition coefficient (Wildman–Crippen LogP) is 2.88. The van der Waals surface area contributed by atoms with Crippen molar-refractivity contribution in [2.45, 2.75) is 58.4 Å². The van der Waals surface area contributed by atoms with Crippen molar-refractivity contribution >= 4 is 6.29 Å². The average molecular weight is 267 g/mol. The van der Waals surface area contributed by atoms with Gasteiger partial charge in [-0.1, -0.05) is 26.7 Å². The molecule has 2 aliphatic rings. The number of aldehydes is 1. The summed E-state index contributed by atoms with van der Waals surface area (Å²) in [6, 6.07) is 0.710. The molecule has 3 nitrogen and oxygen atoms in total. The molecule has 1 heterocycles. The summed E-state index contributed by atoms with van der Waals surface area (Å²) in [5.74, 6) is 0.671. The minimum atomic E-state index is -0.143. The summed E-state index contributed by atoms with van der Waals surface area (Å²) in [7, 11) is 0. The number of nitrogens with zero attached hydrogens (tertiary/aromatic N) is 1. The third-order valence-electron chi connectivity index (χ3n) is 4.70. The quantitative estimate of drug-likeness (QED) is 0.693. The van der Waals surface area contributed by atoms with Crippen molar-refractivity contribution in [3.05, 3.63) is 0 Å². The van der Waals surface area contributed by atoms with Crippen LogP contribution in [0.2, 0.25) is 0 Å². The van der Waals surface area contributed by atoms with Crippen LogP contribution in [0.4, 0.5) is 0 Å². The lowest BCUT2D eigenvalue weighted by Gasteiger charge is -2.40. The van der Waals surface area contributed by atoms with Crippen LogP contribution in [0.3, 0.4) is 0 Å². The molecule has 0 aromatic heterocycles. The van der Waals surface area contributed by atoms with Crippen LogP contribution in [0, 0.1) is 11.3 Å². The molecule has 0 unspecified atom stereocenters. The summed E-state index contributed by atoms with van der Waals surface area (Å²) in [6.45, 7) is 8.13. The third-order valence-corrected chi connectivity index (χ3v) is 4.70. The Hall–Kier alpha value is -0.410. The number of carbonyl (C=O) groups excluding carboxylic acids is 1. The summed E-state index contributed by atoms with van der Waals surface area (Å²) in [6.07, 6.45) is 8.37. The molecule has 1 saturated carbocycles. The highest BCUT2D eigenvalue weighted by Crippen LogP contribution is 2.33. The van der Waals surface area contributed by atoms with Crippen LogP contribution in [-0.4, -0.2) is 43.5 Å². The molecule has 0 spiro atoms. The second kappa shape index (κ2) is 6.85. The van der Waals surface area contributed by atoms with E-state index in [0.717, 1.165) is 39.1 Å². The Kier molecular flexibility index (Phi) is 5.40. The molecule has 19 heavy (non-hydrogen) atoms. The Morgan fingerprint density at radius 2 is 1.89 bits per heavy atom. The van der Waals surface area contributed by atoms with E-state index in [9.17, 15) is 4.79 Å². The molecule has 0 amide bonds. The topological polar surface area (TPSA) is 29.5 Å². The summed E-state index contributed by atoms with van der Waals surface area (Å²) >= 11 is 0. The Bertz CT molecular complexity index is 278. The molecule has 0 N–H and O–H groups in total. The van der Waals surface area contributed by atoms with Gasteiger partial charge in [-0.2, -0.15) is 0 Å². The van der Waals surface area contributed by atoms with Gasteiger partial charge in [-0.15, -0.1) is 0 Å². The zero-order valence-electron chi connectivity index (χ0n) is 12.6. The van der Waals surface area contributed by atoms with E-state index in [-0.39, 0.29) is 5.41 Å². The SMILES string of the molecule is CC(C)CN(CC1(C=O)CCOCC1)C1CCCC1. The van der Waals surface area contributed by atoms with Gasteiger partial charge in [-0.05, 0) is 31.6 Å². The smallest absolute Gasteiger partial charge is 0.127 e. The average Bonchev–Trinajstić information content (AvgIpc) is 2.92. The van der Waals surface area contributed by atoms with Crippen molar-refractivity contribution in [2.24, 2.45) is 11.3 Å². The first-order chi connectivity index (χ1) is 9.15. The molecule has 0 radical (unpaired) electrons. The van der Waals surface area contributed by atoms with Gasteiger partial charge in [0.15, 0.2) is 0 Å². The lowest BCUT2D eigenvalue weighted by molar-refractivity contribution is -0.123. The Morgan fingerprint density at radius 1 is 1.26 bits per heavy atom. The highest BCUT2D eigenvalue weighted by molar-refractivity contribution is 5.60. The maximum absolute atomic E-state index is 11.6. The maximum atomic E-state index is 11.6. The molecule has 0 bridgehead atoms. The zero-order valence-corrected chi connectivity index (χ0v) is 12.6. The Balaban J connectivity index is 2.02. The molecule has 2 fully saturated rings. The fourth-order valence-electron chi connectivity index (χ4n) is 3.58. The van der Waals surface area contributed by atoms with Gasteiger partial charge in [0.25, 0.3) is 0 Å². The molecule has 1 aliphatic carbocycles. The van der Waals surface area contributed by atoms with Crippen molar-refractivity contribution in [3.63, 3.8) is 0 Å². The van der Waals surface area contributed by atoms with Crippen molar-refractivity contribution in [3.8, 4) is 0 Å². The normalized spacial score (nSPS) is 24.2. The van der Waals surface area contributed by atoms with Gasteiger partial charge in [0, 0.05) is 37.8 Å². The molecular weight excluding hydrogens is 238 g/mol. The number of carbonyl (C=O) groups is 1.